The number of hydrogen-bond donors (Lipinski definition) is 2. The van der Waals surface area contributed by atoms with Crippen LogP contribution in [-0.4, -0.2) is 25.3 Å². The summed E-state index contributed by atoms with van der Waals surface area (Å²) in [6.07, 6.45) is 9.42. The molecule has 0 heterocycles. The van der Waals surface area contributed by atoms with Crippen molar-refractivity contribution in [2.24, 2.45) is 10.8 Å². The molecule has 0 aromatic carbocycles. The van der Waals surface area contributed by atoms with Gasteiger partial charge in [0, 0.05) is 12.6 Å². The number of methoxy groups -OCH3 is 1. The highest BCUT2D eigenvalue weighted by molar-refractivity contribution is 5.72. The summed E-state index contributed by atoms with van der Waals surface area (Å²) in [5, 5.41) is 3.65. The van der Waals surface area contributed by atoms with Crippen molar-refractivity contribution in [1.29, 1.82) is 0 Å². The van der Waals surface area contributed by atoms with E-state index in [0.29, 0.717) is 6.42 Å². The zero-order valence-electron chi connectivity index (χ0n) is 11.0. The summed E-state index contributed by atoms with van der Waals surface area (Å²) < 4.78 is 4.56. The molecule has 0 aromatic rings. The summed E-state index contributed by atoms with van der Waals surface area (Å²) in [6, 6.07) is -0.642. The van der Waals surface area contributed by atoms with Crippen LogP contribution in [0.25, 0.3) is 0 Å². The maximum atomic E-state index is 10.8. The smallest absolute Gasteiger partial charge is 0.332 e. The summed E-state index contributed by atoms with van der Waals surface area (Å²) >= 11 is 0. The largest absolute Gasteiger partial charge is 0.469 e. The summed E-state index contributed by atoms with van der Waals surface area (Å²) in [6.45, 7) is 0. The van der Waals surface area contributed by atoms with Gasteiger partial charge >= 0.3 is 12.0 Å². The summed E-state index contributed by atoms with van der Waals surface area (Å²) in [5.41, 5.74) is 6.98. The third kappa shape index (κ3) is 12.5. The van der Waals surface area contributed by atoms with Gasteiger partial charge in [0.05, 0.1) is 7.11 Å². The number of rotatable bonds is 10. The Balaban J connectivity index is 3.14. The van der Waals surface area contributed by atoms with E-state index in [-0.39, 0.29) is 5.97 Å². The molecule has 0 rings (SSSR count). The molecule has 0 saturated heterocycles. The van der Waals surface area contributed by atoms with E-state index in [9.17, 15) is 9.59 Å². The van der Waals surface area contributed by atoms with Gasteiger partial charge in [-0.2, -0.15) is 5.10 Å². The van der Waals surface area contributed by atoms with Gasteiger partial charge in [0.15, 0.2) is 0 Å². The Morgan fingerprint density at radius 2 is 1.78 bits per heavy atom. The van der Waals surface area contributed by atoms with Gasteiger partial charge in [0.1, 0.15) is 0 Å². The normalized spacial score (nSPS) is 10.5. The van der Waals surface area contributed by atoms with Gasteiger partial charge in [-0.3, -0.25) is 4.79 Å². The van der Waals surface area contributed by atoms with Gasteiger partial charge in [0.2, 0.25) is 0 Å². The zero-order valence-corrected chi connectivity index (χ0v) is 11.0. The highest BCUT2D eigenvalue weighted by atomic mass is 16.5. The van der Waals surface area contributed by atoms with Crippen molar-refractivity contribution in [1.82, 2.24) is 5.43 Å². The second kappa shape index (κ2) is 11.9. The van der Waals surface area contributed by atoms with Crippen molar-refractivity contribution >= 4 is 18.2 Å². The zero-order chi connectivity index (χ0) is 13.6. The molecule has 6 heteroatoms. The Morgan fingerprint density at radius 1 is 1.17 bits per heavy atom. The van der Waals surface area contributed by atoms with E-state index in [2.05, 4.69) is 15.3 Å². The summed E-state index contributed by atoms with van der Waals surface area (Å²) in [7, 11) is 1.41. The van der Waals surface area contributed by atoms with Crippen molar-refractivity contribution in [2.45, 2.75) is 51.4 Å². The Bertz CT molecular complexity index is 267. The van der Waals surface area contributed by atoms with E-state index < -0.39 is 6.03 Å². The lowest BCUT2D eigenvalue weighted by molar-refractivity contribution is -0.140. The fourth-order valence-corrected chi connectivity index (χ4v) is 1.49. The molecule has 0 bridgehead atoms. The first-order valence-corrected chi connectivity index (χ1v) is 6.30. The molecule has 0 aliphatic heterocycles. The number of urea groups is 1. The number of unbranched alkanes of at least 4 members (excludes halogenated alkanes) is 6. The number of hydrazone groups is 1. The molecule has 0 spiro atoms. The lowest BCUT2D eigenvalue weighted by Gasteiger charge is -2.00. The Morgan fingerprint density at radius 3 is 2.39 bits per heavy atom. The number of primary amides is 1. The standard InChI is InChI=1S/C12H23N3O3/c1-18-11(16)9-7-5-3-2-4-6-8-10-14-15-12(13)17/h10H,2-9H2,1H3,(H3,13,15,17). The van der Waals surface area contributed by atoms with Crippen molar-refractivity contribution in [2.75, 3.05) is 7.11 Å². The van der Waals surface area contributed by atoms with Crippen LogP contribution >= 0.6 is 0 Å². The van der Waals surface area contributed by atoms with Crippen LogP contribution in [0, 0.1) is 0 Å². The van der Waals surface area contributed by atoms with E-state index in [0.717, 1.165) is 44.9 Å². The number of carbonyl (C=O) groups is 2. The fraction of sp³-hybridized carbons (Fsp3) is 0.750. The minimum Gasteiger partial charge on any atom is -0.469 e. The van der Waals surface area contributed by atoms with Crippen molar-refractivity contribution in [3.63, 3.8) is 0 Å². The highest BCUT2D eigenvalue weighted by Gasteiger charge is 1.98. The van der Waals surface area contributed by atoms with Crippen LogP contribution < -0.4 is 11.2 Å². The van der Waals surface area contributed by atoms with Crippen molar-refractivity contribution in [3.8, 4) is 0 Å². The average Bonchev–Trinajstić information content (AvgIpc) is 2.35. The second-order valence-electron chi connectivity index (χ2n) is 4.02. The molecular weight excluding hydrogens is 234 g/mol. The Kier molecular flexibility index (Phi) is 10.8. The summed E-state index contributed by atoms with van der Waals surface area (Å²) in [4.78, 5) is 21.1. The minimum atomic E-state index is -0.642. The maximum absolute atomic E-state index is 10.8. The molecular formula is C12H23N3O3. The number of esters is 1. The first kappa shape index (κ1) is 16.4. The minimum absolute atomic E-state index is 0.131. The quantitative estimate of drug-likeness (QED) is 0.271. The number of amides is 2. The number of ether oxygens (including phenoxy) is 1. The van der Waals surface area contributed by atoms with Gasteiger partial charge in [-0.15, -0.1) is 0 Å². The van der Waals surface area contributed by atoms with Crippen molar-refractivity contribution < 1.29 is 14.3 Å². The molecule has 0 fully saturated rings. The van der Waals surface area contributed by atoms with Crippen LogP contribution in [0.2, 0.25) is 0 Å². The molecule has 0 unspecified atom stereocenters. The molecule has 0 atom stereocenters. The van der Waals surface area contributed by atoms with Crippen LogP contribution in [0.5, 0.6) is 0 Å². The van der Waals surface area contributed by atoms with E-state index in [4.69, 9.17) is 5.73 Å². The Labute approximate surface area is 108 Å². The molecule has 2 amide bonds. The third-order valence-corrected chi connectivity index (χ3v) is 2.46. The van der Waals surface area contributed by atoms with E-state index in [1.54, 1.807) is 6.21 Å². The monoisotopic (exact) mass is 257 g/mol. The molecule has 0 aromatic heterocycles. The van der Waals surface area contributed by atoms with Gasteiger partial charge in [-0.1, -0.05) is 25.7 Å². The van der Waals surface area contributed by atoms with Gasteiger partial charge in [-0.25, -0.2) is 10.2 Å². The third-order valence-electron chi connectivity index (χ3n) is 2.46. The summed E-state index contributed by atoms with van der Waals surface area (Å²) in [5.74, 6) is -0.131. The average molecular weight is 257 g/mol. The van der Waals surface area contributed by atoms with Crippen LogP contribution in [0.15, 0.2) is 5.10 Å². The highest BCUT2D eigenvalue weighted by Crippen LogP contribution is 2.08. The van der Waals surface area contributed by atoms with Crippen LogP contribution in [0.3, 0.4) is 0 Å². The van der Waals surface area contributed by atoms with Crippen LogP contribution in [0.4, 0.5) is 4.79 Å². The van der Waals surface area contributed by atoms with Crippen LogP contribution in [0.1, 0.15) is 51.4 Å². The van der Waals surface area contributed by atoms with Crippen LogP contribution in [-0.2, 0) is 9.53 Å². The first-order valence-electron chi connectivity index (χ1n) is 6.30. The van der Waals surface area contributed by atoms with E-state index in [1.807, 2.05) is 0 Å². The number of hydrogen-bond acceptors (Lipinski definition) is 4. The van der Waals surface area contributed by atoms with Gasteiger partial charge in [0.25, 0.3) is 0 Å². The van der Waals surface area contributed by atoms with Crippen molar-refractivity contribution in [3.05, 3.63) is 0 Å². The molecule has 0 aliphatic carbocycles. The Hall–Kier alpha value is -1.59. The number of carbonyl (C=O) groups excluding carboxylic acids is 2. The SMILES string of the molecule is COC(=O)CCCCCCCCC=NNC(N)=O. The van der Waals surface area contributed by atoms with Gasteiger partial charge < -0.3 is 10.5 Å². The second-order valence-corrected chi connectivity index (χ2v) is 4.02. The molecule has 3 N–H and O–H groups in total. The lowest BCUT2D eigenvalue weighted by atomic mass is 10.1. The number of nitrogens with one attached hydrogen (secondary N) is 1. The lowest BCUT2D eigenvalue weighted by Crippen LogP contribution is -2.24. The predicted molar refractivity (Wildman–Crippen MR) is 70.2 cm³/mol. The molecule has 104 valence electrons. The molecule has 0 saturated carbocycles. The molecule has 6 nitrogen and oxygen atoms in total. The van der Waals surface area contributed by atoms with Gasteiger partial charge in [-0.05, 0) is 19.3 Å². The molecule has 0 aliphatic rings. The topological polar surface area (TPSA) is 93.8 Å². The van der Waals surface area contributed by atoms with E-state index >= 15 is 0 Å². The first-order chi connectivity index (χ1) is 8.66. The fourth-order valence-electron chi connectivity index (χ4n) is 1.49. The number of nitrogens with zero attached hydrogens (tertiary/aromatic N) is 1. The molecule has 0 radical (unpaired) electrons. The maximum Gasteiger partial charge on any atom is 0.332 e. The number of nitrogens with two attached hydrogens (primary N) is 1. The van der Waals surface area contributed by atoms with E-state index in [1.165, 1.54) is 7.11 Å². The predicted octanol–water partition coefficient (Wildman–Crippen LogP) is 1.93. The molecule has 18 heavy (non-hydrogen) atoms.